The molecule has 0 bridgehead atoms. The number of rotatable bonds is 3. The molecule has 1 unspecified atom stereocenters. The SMILES string of the molecule is CCC(C)NC(=O)N1CCN(c2c(C)cccc2C)CC1. The Bertz CT molecular complexity index is 473. The summed E-state index contributed by atoms with van der Waals surface area (Å²) in [6.07, 6.45) is 0.966. The standard InChI is InChI=1S/C17H27N3O/c1-5-15(4)18-17(21)20-11-9-19(10-12-20)16-13(2)7-6-8-14(16)3/h6-8,15H,5,9-12H2,1-4H3,(H,18,21). The topological polar surface area (TPSA) is 35.6 Å². The van der Waals surface area contributed by atoms with Gasteiger partial charge in [-0.05, 0) is 38.3 Å². The van der Waals surface area contributed by atoms with Gasteiger partial charge >= 0.3 is 6.03 Å². The average Bonchev–Trinajstić information content (AvgIpc) is 2.47. The molecular formula is C17H27N3O. The Morgan fingerprint density at radius 1 is 1.19 bits per heavy atom. The van der Waals surface area contributed by atoms with Crippen LogP contribution in [0.1, 0.15) is 31.4 Å². The summed E-state index contributed by atoms with van der Waals surface area (Å²) in [7, 11) is 0. The average molecular weight is 289 g/mol. The van der Waals surface area contributed by atoms with Crippen LogP contribution < -0.4 is 10.2 Å². The van der Waals surface area contributed by atoms with Crippen molar-refractivity contribution in [2.75, 3.05) is 31.1 Å². The molecule has 1 N–H and O–H groups in total. The van der Waals surface area contributed by atoms with Crippen molar-refractivity contribution in [2.45, 2.75) is 40.2 Å². The molecule has 1 aromatic rings. The monoisotopic (exact) mass is 289 g/mol. The number of aryl methyl sites for hydroxylation is 2. The summed E-state index contributed by atoms with van der Waals surface area (Å²) in [5, 5.41) is 3.05. The number of nitrogens with one attached hydrogen (secondary N) is 1. The Kier molecular flexibility index (Phi) is 5.10. The highest BCUT2D eigenvalue weighted by molar-refractivity contribution is 5.75. The number of carbonyl (C=O) groups is 1. The molecule has 2 rings (SSSR count). The first-order valence-electron chi connectivity index (χ1n) is 7.89. The molecule has 1 saturated heterocycles. The predicted octanol–water partition coefficient (Wildman–Crippen LogP) is 2.93. The van der Waals surface area contributed by atoms with E-state index >= 15 is 0 Å². The molecule has 1 aliphatic heterocycles. The summed E-state index contributed by atoms with van der Waals surface area (Å²) in [5.41, 5.74) is 3.96. The van der Waals surface area contributed by atoms with Crippen LogP contribution in [0.25, 0.3) is 0 Å². The first kappa shape index (κ1) is 15.7. The van der Waals surface area contributed by atoms with Gasteiger partial charge in [0.05, 0.1) is 0 Å². The third kappa shape index (κ3) is 3.69. The van der Waals surface area contributed by atoms with Gasteiger partial charge in [-0.15, -0.1) is 0 Å². The van der Waals surface area contributed by atoms with Gasteiger partial charge in [0.1, 0.15) is 0 Å². The highest BCUT2D eigenvalue weighted by atomic mass is 16.2. The van der Waals surface area contributed by atoms with Crippen molar-refractivity contribution in [1.82, 2.24) is 10.2 Å². The minimum absolute atomic E-state index is 0.0745. The summed E-state index contributed by atoms with van der Waals surface area (Å²) >= 11 is 0. The number of urea groups is 1. The fourth-order valence-corrected chi connectivity index (χ4v) is 2.84. The minimum atomic E-state index is 0.0745. The molecule has 2 amide bonds. The zero-order chi connectivity index (χ0) is 15.4. The van der Waals surface area contributed by atoms with Gasteiger partial charge in [0.25, 0.3) is 0 Å². The van der Waals surface area contributed by atoms with E-state index in [0.717, 1.165) is 32.6 Å². The lowest BCUT2D eigenvalue weighted by Crippen LogP contribution is -2.53. The smallest absolute Gasteiger partial charge is 0.317 e. The molecule has 0 spiro atoms. The van der Waals surface area contributed by atoms with E-state index in [1.54, 1.807) is 0 Å². The van der Waals surface area contributed by atoms with Crippen LogP contribution in [0.2, 0.25) is 0 Å². The molecular weight excluding hydrogens is 262 g/mol. The zero-order valence-electron chi connectivity index (χ0n) is 13.6. The van der Waals surface area contributed by atoms with Gasteiger partial charge in [-0.25, -0.2) is 4.79 Å². The third-order valence-electron chi connectivity index (χ3n) is 4.30. The van der Waals surface area contributed by atoms with E-state index in [0.29, 0.717) is 0 Å². The molecule has 1 atom stereocenters. The number of anilines is 1. The molecule has 0 aromatic heterocycles. The largest absolute Gasteiger partial charge is 0.368 e. The lowest BCUT2D eigenvalue weighted by atomic mass is 10.1. The highest BCUT2D eigenvalue weighted by Crippen LogP contribution is 2.25. The summed E-state index contributed by atoms with van der Waals surface area (Å²) in [6.45, 7) is 11.8. The summed E-state index contributed by atoms with van der Waals surface area (Å²) in [4.78, 5) is 16.5. The van der Waals surface area contributed by atoms with Crippen LogP contribution in [0.15, 0.2) is 18.2 Å². The number of carbonyl (C=O) groups excluding carboxylic acids is 1. The van der Waals surface area contributed by atoms with Crippen molar-refractivity contribution >= 4 is 11.7 Å². The van der Waals surface area contributed by atoms with Crippen molar-refractivity contribution in [3.8, 4) is 0 Å². The number of nitrogens with zero attached hydrogens (tertiary/aromatic N) is 2. The molecule has 21 heavy (non-hydrogen) atoms. The van der Waals surface area contributed by atoms with Crippen LogP contribution in [-0.4, -0.2) is 43.2 Å². The molecule has 4 nitrogen and oxygen atoms in total. The number of para-hydroxylation sites is 1. The van der Waals surface area contributed by atoms with Gasteiger partial charge in [0.15, 0.2) is 0 Å². The fourth-order valence-electron chi connectivity index (χ4n) is 2.84. The van der Waals surface area contributed by atoms with E-state index in [1.165, 1.54) is 16.8 Å². The molecule has 1 fully saturated rings. The summed E-state index contributed by atoms with van der Waals surface area (Å²) in [6, 6.07) is 6.73. The molecule has 1 heterocycles. The summed E-state index contributed by atoms with van der Waals surface area (Å²) in [5.74, 6) is 0. The quantitative estimate of drug-likeness (QED) is 0.928. The van der Waals surface area contributed by atoms with Crippen LogP contribution in [0.4, 0.5) is 10.5 Å². The highest BCUT2D eigenvalue weighted by Gasteiger charge is 2.23. The van der Waals surface area contributed by atoms with Crippen LogP contribution in [0.3, 0.4) is 0 Å². The second-order valence-corrected chi connectivity index (χ2v) is 5.97. The second kappa shape index (κ2) is 6.83. The molecule has 0 aliphatic carbocycles. The predicted molar refractivity (Wildman–Crippen MR) is 88.0 cm³/mol. The molecule has 1 aliphatic rings. The maximum absolute atomic E-state index is 12.1. The van der Waals surface area contributed by atoms with E-state index in [1.807, 2.05) is 11.8 Å². The summed E-state index contributed by atoms with van der Waals surface area (Å²) < 4.78 is 0. The molecule has 1 aromatic carbocycles. The van der Waals surface area contributed by atoms with Crippen molar-refractivity contribution in [3.05, 3.63) is 29.3 Å². The van der Waals surface area contributed by atoms with E-state index in [2.05, 4.69) is 49.2 Å². The first-order valence-corrected chi connectivity index (χ1v) is 7.89. The molecule has 4 heteroatoms. The van der Waals surface area contributed by atoms with E-state index < -0.39 is 0 Å². The van der Waals surface area contributed by atoms with Gasteiger partial charge in [0.2, 0.25) is 0 Å². The maximum atomic E-state index is 12.1. The van der Waals surface area contributed by atoms with Crippen LogP contribution >= 0.6 is 0 Å². The zero-order valence-corrected chi connectivity index (χ0v) is 13.6. The van der Waals surface area contributed by atoms with E-state index in [9.17, 15) is 4.79 Å². The number of benzene rings is 1. The minimum Gasteiger partial charge on any atom is -0.368 e. The number of hydrogen-bond donors (Lipinski definition) is 1. The third-order valence-corrected chi connectivity index (χ3v) is 4.30. The lowest BCUT2D eigenvalue weighted by molar-refractivity contribution is 0.190. The van der Waals surface area contributed by atoms with Gasteiger partial charge in [-0.1, -0.05) is 25.1 Å². The van der Waals surface area contributed by atoms with Crippen LogP contribution in [-0.2, 0) is 0 Å². The molecule has 0 saturated carbocycles. The first-order chi connectivity index (χ1) is 10.0. The molecule has 116 valence electrons. The number of hydrogen-bond acceptors (Lipinski definition) is 2. The van der Waals surface area contributed by atoms with Crippen molar-refractivity contribution in [1.29, 1.82) is 0 Å². The normalized spacial score (nSPS) is 16.8. The van der Waals surface area contributed by atoms with Crippen LogP contribution in [0, 0.1) is 13.8 Å². The van der Waals surface area contributed by atoms with Gasteiger partial charge in [-0.3, -0.25) is 0 Å². The Morgan fingerprint density at radius 3 is 2.29 bits per heavy atom. The maximum Gasteiger partial charge on any atom is 0.317 e. The Hall–Kier alpha value is -1.71. The van der Waals surface area contributed by atoms with Crippen molar-refractivity contribution in [3.63, 3.8) is 0 Å². The fraction of sp³-hybridized carbons (Fsp3) is 0.588. The lowest BCUT2D eigenvalue weighted by Gasteiger charge is -2.37. The van der Waals surface area contributed by atoms with Crippen molar-refractivity contribution < 1.29 is 4.79 Å². The van der Waals surface area contributed by atoms with Crippen LogP contribution in [0.5, 0.6) is 0 Å². The van der Waals surface area contributed by atoms with Gasteiger partial charge in [-0.2, -0.15) is 0 Å². The van der Waals surface area contributed by atoms with E-state index in [4.69, 9.17) is 0 Å². The van der Waals surface area contributed by atoms with E-state index in [-0.39, 0.29) is 12.1 Å². The number of amides is 2. The Balaban J connectivity index is 1.96. The van der Waals surface area contributed by atoms with Gasteiger partial charge < -0.3 is 15.1 Å². The second-order valence-electron chi connectivity index (χ2n) is 5.97. The van der Waals surface area contributed by atoms with Crippen molar-refractivity contribution in [2.24, 2.45) is 0 Å². The molecule has 0 radical (unpaired) electrons. The number of piperazine rings is 1. The van der Waals surface area contributed by atoms with Gasteiger partial charge in [0, 0.05) is 37.9 Å². The Labute approximate surface area is 128 Å². The Morgan fingerprint density at radius 2 is 1.76 bits per heavy atom.